The van der Waals surface area contributed by atoms with Crippen molar-refractivity contribution in [2.45, 2.75) is 31.3 Å². The number of aliphatic hydroxyl groups is 1. The SMILES string of the molecule is CCn1c(SCC(O)N2CCc3ccccc32)nnc1-c1c[nH]c2ccccc12. The van der Waals surface area contributed by atoms with E-state index in [1.54, 1.807) is 11.8 Å². The molecule has 2 aromatic carbocycles. The van der Waals surface area contributed by atoms with Crippen LogP contribution in [-0.2, 0) is 13.0 Å². The van der Waals surface area contributed by atoms with Crippen LogP contribution in [0.4, 0.5) is 5.69 Å². The van der Waals surface area contributed by atoms with Crippen molar-refractivity contribution in [2.75, 3.05) is 17.2 Å². The molecule has 4 aromatic rings. The molecular formula is C22H23N5OS. The molecule has 1 unspecified atom stereocenters. The maximum atomic E-state index is 10.8. The van der Waals surface area contributed by atoms with Crippen molar-refractivity contribution in [1.29, 1.82) is 0 Å². The summed E-state index contributed by atoms with van der Waals surface area (Å²) in [6, 6.07) is 16.5. The number of hydrogen-bond acceptors (Lipinski definition) is 5. The van der Waals surface area contributed by atoms with Crippen LogP contribution < -0.4 is 4.90 Å². The van der Waals surface area contributed by atoms with Gasteiger partial charge in [-0.05, 0) is 31.0 Å². The first-order valence-corrected chi connectivity index (χ1v) is 10.9. The molecule has 0 saturated heterocycles. The Balaban J connectivity index is 1.36. The third kappa shape index (κ3) is 3.20. The summed E-state index contributed by atoms with van der Waals surface area (Å²) in [6.45, 7) is 3.72. The lowest BCUT2D eigenvalue weighted by Gasteiger charge is -2.25. The number of nitrogens with zero attached hydrogens (tertiary/aromatic N) is 4. The topological polar surface area (TPSA) is 70.0 Å². The van der Waals surface area contributed by atoms with Crippen LogP contribution in [0.5, 0.6) is 0 Å². The number of nitrogens with one attached hydrogen (secondary N) is 1. The summed E-state index contributed by atoms with van der Waals surface area (Å²) < 4.78 is 2.12. The van der Waals surface area contributed by atoms with Gasteiger partial charge in [-0.1, -0.05) is 48.2 Å². The number of fused-ring (bicyclic) bond motifs is 2. The fourth-order valence-corrected chi connectivity index (χ4v) is 5.00. The molecule has 6 nitrogen and oxygen atoms in total. The van der Waals surface area contributed by atoms with Crippen molar-refractivity contribution >= 4 is 28.4 Å². The lowest BCUT2D eigenvalue weighted by Crippen LogP contribution is -2.35. The maximum Gasteiger partial charge on any atom is 0.191 e. The zero-order valence-corrected chi connectivity index (χ0v) is 17.1. The Morgan fingerprint density at radius 1 is 1.14 bits per heavy atom. The van der Waals surface area contributed by atoms with E-state index >= 15 is 0 Å². The second-order valence-electron chi connectivity index (χ2n) is 7.16. The quantitative estimate of drug-likeness (QED) is 0.476. The number of para-hydroxylation sites is 2. The van der Waals surface area contributed by atoms with Gasteiger partial charge >= 0.3 is 0 Å². The number of H-pyrrole nitrogens is 1. The standard InChI is InChI=1S/C22H23N5OS/c1-2-26-21(17-13-23-18-9-5-4-8-16(17)18)24-25-22(26)29-14-20(28)27-12-11-15-7-3-6-10-19(15)27/h3-10,13,20,23,28H,2,11-12,14H2,1H3. The minimum Gasteiger partial charge on any atom is -0.373 e. The van der Waals surface area contributed by atoms with Gasteiger partial charge in [-0.3, -0.25) is 0 Å². The summed E-state index contributed by atoms with van der Waals surface area (Å²) in [5.74, 6) is 1.40. The molecule has 3 heterocycles. The van der Waals surface area contributed by atoms with E-state index in [9.17, 15) is 5.11 Å². The second kappa shape index (κ2) is 7.57. The molecule has 0 amide bonds. The van der Waals surface area contributed by atoms with Gasteiger partial charge in [0.15, 0.2) is 11.0 Å². The average molecular weight is 406 g/mol. The van der Waals surface area contributed by atoms with Crippen LogP contribution in [0.3, 0.4) is 0 Å². The first-order valence-electron chi connectivity index (χ1n) is 9.91. The zero-order chi connectivity index (χ0) is 19.8. The van der Waals surface area contributed by atoms with Gasteiger partial charge in [-0.2, -0.15) is 0 Å². The van der Waals surface area contributed by atoms with Crippen LogP contribution in [0.15, 0.2) is 59.9 Å². The first-order chi connectivity index (χ1) is 14.3. The minimum absolute atomic E-state index is 0.542. The summed E-state index contributed by atoms with van der Waals surface area (Å²) in [5.41, 5.74) is 4.58. The van der Waals surface area contributed by atoms with Crippen LogP contribution in [0.2, 0.25) is 0 Å². The van der Waals surface area contributed by atoms with E-state index in [0.717, 1.165) is 52.6 Å². The Morgan fingerprint density at radius 2 is 1.97 bits per heavy atom. The molecule has 0 spiro atoms. The van der Waals surface area contributed by atoms with Crippen molar-refractivity contribution in [2.24, 2.45) is 0 Å². The molecule has 2 aromatic heterocycles. The highest BCUT2D eigenvalue weighted by molar-refractivity contribution is 7.99. The van der Waals surface area contributed by atoms with Crippen LogP contribution in [0, 0.1) is 0 Å². The fourth-order valence-electron chi connectivity index (χ4n) is 4.05. The van der Waals surface area contributed by atoms with Crippen molar-refractivity contribution in [3.63, 3.8) is 0 Å². The van der Waals surface area contributed by atoms with E-state index in [2.05, 4.69) is 61.9 Å². The zero-order valence-electron chi connectivity index (χ0n) is 16.2. The summed E-state index contributed by atoms with van der Waals surface area (Å²) in [6.07, 6.45) is 2.42. The summed E-state index contributed by atoms with van der Waals surface area (Å²) in [4.78, 5) is 5.39. The van der Waals surface area contributed by atoms with E-state index < -0.39 is 6.23 Å². The molecule has 1 aliphatic heterocycles. The molecule has 7 heteroatoms. The molecule has 2 N–H and O–H groups in total. The Hall–Kier alpha value is -2.77. The Labute approximate surface area is 173 Å². The van der Waals surface area contributed by atoms with Crippen LogP contribution in [0.25, 0.3) is 22.3 Å². The highest BCUT2D eigenvalue weighted by Gasteiger charge is 2.25. The first kappa shape index (κ1) is 18.3. The third-order valence-electron chi connectivity index (χ3n) is 5.51. The molecule has 0 saturated carbocycles. The molecule has 0 fully saturated rings. The van der Waals surface area contributed by atoms with Gasteiger partial charge in [0.05, 0.1) is 0 Å². The Kier molecular flexibility index (Phi) is 4.77. The Morgan fingerprint density at radius 3 is 2.86 bits per heavy atom. The highest BCUT2D eigenvalue weighted by Crippen LogP contribution is 2.32. The van der Waals surface area contributed by atoms with Gasteiger partial charge in [0.2, 0.25) is 0 Å². The van der Waals surface area contributed by atoms with Gasteiger partial charge in [-0.25, -0.2) is 0 Å². The highest BCUT2D eigenvalue weighted by atomic mass is 32.2. The van der Waals surface area contributed by atoms with Crippen molar-refractivity contribution in [1.82, 2.24) is 19.7 Å². The minimum atomic E-state index is -0.554. The molecule has 5 rings (SSSR count). The number of aliphatic hydroxyl groups excluding tert-OH is 1. The van der Waals surface area contributed by atoms with Gasteiger partial charge in [0.25, 0.3) is 0 Å². The Bertz CT molecular complexity index is 1150. The summed E-state index contributed by atoms with van der Waals surface area (Å²) >= 11 is 1.55. The van der Waals surface area contributed by atoms with E-state index in [-0.39, 0.29) is 0 Å². The largest absolute Gasteiger partial charge is 0.373 e. The fraction of sp³-hybridized carbons (Fsp3) is 0.273. The monoisotopic (exact) mass is 405 g/mol. The number of anilines is 1. The van der Waals surface area contributed by atoms with Crippen molar-refractivity contribution < 1.29 is 5.11 Å². The number of rotatable bonds is 6. The normalized spacial score (nSPS) is 14.5. The van der Waals surface area contributed by atoms with Gasteiger partial charge in [-0.15, -0.1) is 10.2 Å². The number of aromatic amines is 1. The van der Waals surface area contributed by atoms with Gasteiger partial charge in [0, 0.05) is 47.2 Å². The van der Waals surface area contributed by atoms with E-state index in [0.29, 0.717) is 5.75 Å². The number of thioether (sulfide) groups is 1. The molecule has 1 atom stereocenters. The van der Waals surface area contributed by atoms with E-state index in [1.807, 2.05) is 24.4 Å². The lowest BCUT2D eigenvalue weighted by molar-refractivity contribution is 0.195. The number of hydrogen-bond donors (Lipinski definition) is 2. The molecule has 0 radical (unpaired) electrons. The van der Waals surface area contributed by atoms with Gasteiger partial charge < -0.3 is 19.6 Å². The molecule has 0 bridgehead atoms. The molecule has 148 valence electrons. The number of benzene rings is 2. The van der Waals surface area contributed by atoms with Crippen LogP contribution in [-0.4, -0.2) is 43.4 Å². The molecular weight excluding hydrogens is 382 g/mol. The summed E-state index contributed by atoms with van der Waals surface area (Å²) in [7, 11) is 0. The van der Waals surface area contributed by atoms with E-state index in [4.69, 9.17) is 0 Å². The smallest absolute Gasteiger partial charge is 0.191 e. The lowest BCUT2D eigenvalue weighted by atomic mass is 10.1. The van der Waals surface area contributed by atoms with Crippen molar-refractivity contribution in [3.05, 3.63) is 60.3 Å². The predicted molar refractivity (Wildman–Crippen MR) is 117 cm³/mol. The van der Waals surface area contributed by atoms with Crippen LogP contribution >= 0.6 is 11.8 Å². The second-order valence-corrected chi connectivity index (χ2v) is 8.15. The molecule has 1 aliphatic rings. The molecule has 29 heavy (non-hydrogen) atoms. The van der Waals surface area contributed by atoms with Crippen molar-refractivity contribution in [3.8, 4) is 11.4 Å². The number of aromatic nitrogens is 4. The average Bonchev–Trinajstić information content (AvgIpc) is 3.47. The third-order valence-corrected chi connectivity index (χ3v) is 6.53. The van der Waals surface area contributed by atoms with Gasteiger partial charge in [0.1, 0.15) is 6.23 Å². The van der Waals surface area contributed by atoms with Crippen LogP contribution in [0.1, 0.15) is 12.5 Å². The van der Waals surface area contributed by atoms with E-state index in [1.165, 1.54) is 5.56 Å². The predicted octanol–water partition coefficient (Wildman–Crippen LogP) is 3.92. The molecule has 0 aliphatic carbocycles. The summed E-state index contributed by atoms with van der Waals surface area (Å²) in [5, 5.41) is 21.7. The maximum absolute atomic E-state index is 10.8.